The maximum absolute atomic E-state index is 14.3. The van der Waals surface area contributed by atoms with E-state index in [1.165, 1.54) is 24.5 Å². The van der Waals surface area contributed by atoms with Crippen molar-refractivity contribution < 1.29 is 22.3 Å². The molecular formula is C22H21FN4O4S. The number of ether oxygens (including phenoxy) is 1. The van der Waals surface area contributed by atoms with E-state index in [1.54, 1.807) is 37.3 Å². The summed E-state index contributed by atoms with van der Waals surface area (Å²) in [5.74, 6) is -0.994. The summed E-state index contributed by atoms with van der Waals surface area (Å²) in [4.78, 5) is 16.2. The smallest absolute Gasteiger partial charge is 0.254 e. The van der Waals surface area contributed by atoms with Gasteiger partial charge in [0.1, 0.15) is 17.1 Å². The highest BCUT2D eigenvalue weighted by Gasteiger charge is 2.35. The summed E-state index contributed by atoms with van der Waals surface area (Å²) in [5, 5.41) is 2.45. The molecule has 10 heteroatoms. The number of pyridine rings is 1. The number of halogens is 1. The topological polar surface area (TPSA) is 123 Å². The SMILES string of the molecule is Cc1ccc(Nc2cncc(Oc3cccc(NS(=O)(=O)C4CC4)c3)c2C(N)=O)c(F)c1. The van der Waals surface area contributed by atoms with Gasteiger partial charge in [-0.25, -0.2) is 12.8 Å². The van der Waals surface area contributed by atoms with Gasteiger partial charge in [-0.1, -0.05) is 12.1 Å². The minimum atomic E-state index is -3.44. The molecule has 166 valence electrons. The summed E-state index contributed by atoms with van der Waals surface area (Å²) in [6, 6.07) is 10.9. The third kappa shape index (κ3) is 4.80. The van der Waals surface area contributed by atoms with Gasteiger partial charge in [-0.15, -0.1) is 0 Å². The van der Waals surface area contributed by atoms with Gasteiger partial charge in [-0.2, -0.15) is 0 Å². The first-order valence-corrected chi connectivity index (χ1v) is 11.4. The van der Waals surface area contributed by atoms with E-state index in [9.17, 15) is 17.6 Å². The number of rotatable bonds is 8. The molecule has 0 saturated heterocycles. The molecule has 32 heavy (non-hydrogen) atoms. The van der Waals surface area contributed by atoms with Crippen molar-refractivity contribution in [3.05, 3.63) is 71.8 Å². The number of sulfonamides is 1. The molecule has 1 amide bonds. The van der Waals surface area contributed by atoms with Crippen molar-refractivity contribution in [1.82, 2.24) is 4.98 Å². The molecule has 0 atom stereocenters. The van der Waals surface area contributed by atoms with Gasteiger partial charge in [0.05, 0.1) is 34.7 Å². The van der Waals surface area contributed by atoms with Crippen molar-refractivity contribution in [3.63, 3.8) is 0 Å². The minimum absolute atomic E-state index is 0.0241. The summed E-state index contributed by atoms with van der Waals surface area (Å²) < 4.78 is 47.0. The normalized spacial score (nSPS) is 13.4. The monoisotopic (exact) mass is 456 g/mol. The Hall–Kier alpha value is -3.66. The zero-order valence-corrected chi connectivity index (χ0v) is 17.9. The second-order valence-electron chi connectivity index (χ2n) is 7.51. The van der Waals surface area contributed by atoms with Gasteiger partial charge in [0.25, 0.3) is 5.91 Å². The average molecular weight is 456 g/mol. The van der Waals surface area contributed by atoms with Crippen LogP contribution in [0, 0.1) is 12.7 Å². The predicted octanol–water partition coefficient (Wildman–Crippen LogP) is 4.07. The number of carbonyl (C=O) groups is 1. The molecule has 1 aliphatic rings. The Labute approximate surface area is 184 Å². The number of anilines is 3. The molecule has 1 heterocycles. The number of aryl methyl sites for hydroxylation is 1. The van der Waals surface area contributed by atoms with E-state index in [2.05, 4.69) is 15.0 Å². The summed E-state index contributed by atoms with van der Waals surface area (Å²) in [6.07, 6.45) is 3.92. The van der Waals surface area contributed by atoms with E-state index in [0.29, 0.717) is 18.5 Å². The molecule has 0 spiro atoms. The molecule has 0 bridgehead atoms. The number of carbonyl (C=O) groups excluding carboxylic acids is 1. The zero-order valence-electron chi connectivity index (χ0n) is 17.1. The molecule has 1 saturated carbocycles. The van der Waals surface area contributed by atoms with Crippen LogP contribution in [0.3, 0.4) is 0 Å². The lowest BCUT2D eigenvalue weighted by molar-refractivity contribution is 0.0999. The van der Waals surface area contributed by atoms with Crippen LogP contribution in [0.15, 0.2) is 54.9 Å². The van der Waals surface area contributed by atoms with E-state index in [0.717, 1.165) is 5.56 Å². The fourth-order valence-electron chi connectivity index (χ4n) is 3.11. The average Bonchev–Trinajstić information content (AvgIpc) is 3.56. The van der Waals surface area contributed by atoms with Crippen LogP contribution in [0.25, 0.3) is 0 Å². The number of primary amides is 1. The predicted molar refractivity (Wildman–Crippen MR) is 119 cm³/mol. The first-order valence-electron chi connectivity index (χ1n) is 9.83. The number of benzene rings is 2. The maximum Gasteiger partial charge on any atom is 0.254 e. The molecule has 4 N–H and O–H groups in total. The van der Waals surface area contributed by atoms with Crippen LogP contribution in [-0.4, -0.2) is 24.6 Å². The number of amides is 1. The van der Waals surface area contributed by atoms with Crippen LogP contribution < -0.4 is 20.5 Å². The van der Waals surface area contributed by atoms with Crippen molar-refractivity contribution >= 4 is 33.0 Å². The molecule has 1 aliphatic carbocycles. The Bertz CT molecular complexity index is 1290. The first-order chi connectivity index (χ1) is 15.2. The van der Waals surface area contributed by atoms with Gasteiger partial charge < -0.3 is 15.8 Å². The zero-order chi connectivity index (χ0) is 22.9. The number of hydrogen-bond acceptors (Lipinski definition) is 6. The molecule has 2 aromatic carbocycles. The van der Waals surface area contributed by atoms with Crippen molar-refractivity contribution in [2.75, 3.05) is 10.0 Å². The summed E-state index contributed by atoms with van der Waals surface area (Å²) in [5.41, 5.74) is 6.94. The lowest BCUT2D eigenvalue weighted by Crippen LogP contribution is -2.17. The Balaban J connectivity index is 1.62. The van der Waals surface area contributed by atoms with Gasteiger partial charge in [-0.05, 0) is 49.6 Å². The summed E-state index contributed by atoms with van der Waals surface area (Å²) >= 11 is 0. The summed E-state index contributed by atoms with van der Waals surface area (Å²) in [6.45, 7) is 1.76. The standard InChI is InChI=1S/C22H21FN4O4S/c1-13-5-8-18(17(23)9-13)26-19-11-25-12-20(21(19)22(24)28)31-15-4-2-3-14(10-15)27-32(29,30)16-6-7-16/h2-5,8-12,16,26-27H,6-7H2,1H3,(H2,24,28). The largest absolute Gasteiger partial charge is 0.455 e. The number of hydrogen-bond donors (Lipinski definition) is 3. The lowest BCUT2D eigenvalue weighted by Gasteiger charge is -2.15. The van der Waals surface area contributed by atoms with Crippen LogP contribution in [-0.2, 0) is 10.0 Å². The molecule has 1 fully saturated rings. The van der Waals surface area contributed by atoms with Crippen LogP contribution in [0.1, 0.15) is 28.8 Å². The van der Waals surface area contributed by atoms with Gasteiger partial charge in [0.15, 0.2) is 5.75 Å². The van der Waals surface area contributed by atoms with E-state index >= 15 is 0 Å². The van der Waals surface area contributed by atoms with Gasteiger partial charge in [0, 0.05) is 6.07 Å². The molecule has 4 rings (SSSR count). The maximum atomic E-state index is 14.3. The first kappa shape index (κ1) is 21.6. The molecule has 8 nitrogen and oxygen atoms in total. The van der Waals surface area contributed by atoms with Crippen LogP contribution in [0.2, 0.25) is 0 Å². The minimum Gasteiger partial charge on any atom is -0.455 e. The molecule has 3 aromatic rings. The van der Waals surface area contributed by atoms with Gasteiger partial charge in [0.2, 0.25) is 10.0 Å². The Morgan fingerprint density at radius 2 is 1.94 bits per heavy atom. The lowest BCUT2D eigenvalue weighted by atomic mass is 10.1. The van der Waals surface area contributed by atoms with E-state index in [1.807, 2.05) is 0 Å². The van der Waals surface area contributed by atoms with Gasteiger partial charge >= 0.3 is 0 Å². The van der Waals surface area contributed by atoms with Crippen molar-refractivity contribution in [2.24, 2.45) is 5.73 Å². The highest BCUT2D eigenvalue weighted by atomic mass is 32.2. The Morgan fingerprint density at radius 1 is 1.16 bits per heavy atom. The summed E-state index contributed by atoms with van der Waals surface area (Å²) in [7, 11) is -3.44. The van der Waals surface area contributed by atoms with E-state index in [-0.39, 0.29) is 33.7 Å². The third-order valence-corrected chi connectivity index (χ3v) is 6.71. The van der Waals surface area contributed by atoms with E-state index in [4.69, 9.17) is 10.5 Å². The number of nitrogens with one attached hydrogen (secondary N) is 2. The van der Waals surface area contributed by atoms with Gasteiger partial charge in [-0.3, -0.25) is 14.5 Å². The Kier molecular flexibility index (Phi) is 5.70. The molecule has 0 radical (unpaired) electrons. The van der Waals surface area contributed by atoms with Crippen molar-refractivity contribution in [3.8, 4) is 11.5 Å². The third-order valence-electron chi connectivity index (χ3n) is 4.84. The van der Waals surface area contributed by atoms with Crippen molar-refractivity contribution in [2.45, 2.75) is 25.0 Å². The quantitative estimate of drug-likeness (QED) is 0.470. The van der Waals surface area contributed by atoms with Crippen molar-refractivity contribution in [1.29, 1.82) is 0 Å². The Morgan fingerprint density at radius 3 is 2.62 bits per heavy atom. The van der Waals surface area contributed by atoms with Crippen LogP contribution >= 0.6 is 0 Å². The number of aromatic nitrogens is 1. The fraction of sp³-hybridized carbons (Fsp3) is 0.182. The number of nitrogens with two attached hydrogens (primary N) is 1. The highest BCUT2D eigenvalue weighted by molar-refractivity contribution is 7.93. The van der Waals surface area contributed by atoms with Crippen LogP contribution in [0.4, 0.5) is 21.5 Å². The highest BCUT2D eigenvalue weighted by Crippen LogP contribution is 2.34. The fourth-order valence-corrected chi connectivity index (χ4v) is 4.49. The van der Waals surface area contributed by atoms with E-state index < -0.39 is 21.7 Å². The second kappa shape index (κ2) is 8.46. The molecule has 1 aromatic heterocycles. The molecule has 0 aliphatic heterocycles. The van der Waals surface area contributed by atoms with Crippen LogP contribution in [0.5, 0.6) is 11.5 Å². The molecule has 0 unspecified atom stereocenters. The molecular weight excluding hydrogens is 435 g/mol. The second-order valence-corrected chi connectivity index (χ2v) is 9.47. The number of nitrogens with zero attached hydrogens (tertiary/aromatic N) is 1.